The third-order valence-electron chi connectivity index (χ3n) is 2.79. The number of nitrogens with zero attached hydrogens (tertiary/aromatic N) is 5. The van der Waals surface area contributed by atoms with Crippen LogP contribution in [0.1, 0.15) is 0 Å². The van der Waals surface area contributed by atoms with Crippen LogP contribution in [0.15, 0.2) is 18.3 Å². The minimum atomic E-state index is -0.137. The van der Waals surface area contributed by atoms with Crippen molar-refractivity contribution in [3.8, 4) is 0 Å². The highest BCUT2D eigenvalue weighted by molar-refractivity contribution is 5.86. The van der Waals surface area contributed by atoms with Gasteiger partial charge < -0.3 is 10.2 Å². The first kappa shape index (κ1) is 10.2. The molecule has 0 radical (unpaired) electrons. The molecule has 2 aromatic heterocycles. The number of carbonyl (C=O) groups is 1. The maximum atomic E-state index is 12.2. The molecular formula is C10H12N6O. The molecule has 0 aliphatic carbocycles. The molecule has 1 N–H and O–H groups in total. The van der Waals surface area contributed by atoms with Gasteiger partial charge in [-0.15, -0.1) is 5.10 Å². The van der Waals surface area contributed by atoms with Crippen LogP contribution in [-0.4, -0.2) is 57.1 Å². The van der Waals surface area contributed by atoms with E-state index in [2.05, 4.69) is 20.6 Å². The Morgan fingerprint density at radius 1 is 1.35 bits per heavy atom. The summed E-state index contributed by atoms with van der Waals surface area (Å²) < 4.78 is 1.31. The molecule has 1 fully saturated rings. The highest BCUT2D eigenvalue weighted by Crippen LogP contribution is 2.08. The van der Waals surface area contributed by atoms with Gasteiger partial charge in [0.2, 0.25) is 5.65 Å². The Balaban J connectivity index is 1.95. The lowest BCUT2D eigenvalue weighted by Gasteiger charge is -2.26. The molecule has 0 atom stereocenters. The summed E-state index contributed by atoms with van der Waals surface area (Å²) in [5.41, 5.74) is 1.15. The van der Waals surface area contributed by atoms with Crippen LogP contribution in [-0.2, 0) is 0 Å². The zero-order valence-corrected chi connectivity index (χ0v) is 9.20. The van der Waals surface area contributed by atoms with E-state index in [0.29, 0.717) is 24.3 Å². The first-order chi connectivity index (χ1) is 8.36. The van der Waals surface area contributed by atoms with Crippen molar-refractivity contribution in [1.82, 2.24) is 30.2 Å². The molecule has 88 valence electrons. The number of pyridine rings is 1. The van der Waals surface area contributed by atoms with E-state index < -0.39 is 0 Å². The van der Waals surface area contributed by atoms with Crippen LogP contribution in [0, 0.1) is 0 Å². The summed E-state index contributed by atoms with van der Waals surface area (Å²) in [5, 5.41) is 10.9. The van der Waals surface area contributed by atoms with Gasteiger partial charge in [0.05, 0.1) is 0 Å². The van der Waals surface area contributed by atoms with Crippen molar-refractivity contribution in [1.29, 1.82) is 0 Å². The van der Waals surface area contributed by atoms with Crippen molar-refractivity contribution in [2.45, 2.75) is 0 Å². The van der Waals surface area contributed by atoms with Gasteiger partial charge in [0.1, 0.15) is 5.52 Å². The summed E-state index contributed by atoms with van der Waals surface area (Å²) in [4.78, 5) is 18.0. The van der Waals surface area contributed by atoms with E-state index in [9.17, 15) is 4.79 Å². The van der Waals surface area contributed by atoms with Crippen LogP contribution >= 0.6 is 0 Å². The number of piperazine rings is 1. The Hall–Kier alpha value is -2.02. The second kappa shape index (κ2) is 4.10. The molecule has 3 rings (SSSR count). The molecule has 17 heavy (non-hydrogen) atoms. The van der Waals surface area contributed by atoms with Gasteiger partial charge in [-0.3, -0.25) is 0 Å². The summed E-state index contributed by atoms with van der Waals surface area (Å²) in [7, 11) is 0. The second-order valence-corrected chi connectivity index (χ2v) is 3.87. The van der Waals surface area contributed by atoms with Gasteiger partial charge in [0.25, 0.3) is 0 Å². The van der Waals surface area contributed by atoms with Gasteiger partial charge in [-0.05, 0) is 12.1 Å². The van der Waals surface area contributed by atoms with Gasteiger partial charge >= 0.3 is 6.03 Å². The molecule has 0 saturated carbocycles. The lowest BCUT2D eigenvalue weighted by molar-refractivity contribution is 0.189. The van der Waals surface area contributed by atoms with E-state index in [0.717, 1.165) is 13.1 Å². The molecule has 0 spiro atoms. The Kier molecular flexibility index (Phi) is 2.45. The van der Waals surface area contributed by atoms with Gasteiger partial charge in [-0.2, -0.15) is 4.68 Å². The SMILES string of the molecule is O=C(N1CCNCC1)n1nnc2ncccc21. The molecule has 7 heteroatoms. The van der Waals surface area contributed by atoms with Crippen molar-refractivity contribution in [2.75, 3.05) is 26.2 Å². The van der Waals surface area contributed by atoms with Gasteiger partial charge in [0.15, 0.2) is 0 Å². The first-order valence-corrected chi connectivity index (χ1v) is 5.53. The number of rotatable bonds is 0. The van der Waals surface area contributed by atoms with Crippen LogP contribution in [0.25, 0.3) is 11.2 Å². The number of fused-ring (bicyclic) bond motifs is 1. The Labute approximate surface area is 97.4 Å². The second-order valence-electron chi connectivity index (χ2n) is 3.87. The fourth-order valence-electron chi connectivity index (χ4n) is 1.90. The van der Waals surface area contributed by atoms with E-state index >= 15 is 0 Å². The molecule has 1 aliphatic heterocycles. The first-order valence-electron chi connectivity index (χ1n) is 5.53. The molecular weight excluding hydrogens is 220 g/mol. The maximum absolute atomic E-state index is 12.2. The summed E-state index contributed by atoms with van der Waals surface area (Å²) >= 11 is 0. The van der Waals surface area contributed by atoms with Crippen LogP contribution in [0.2, 0.25) is 0 Å². The summed E-state index contributed by atoms with van der Waals surface area (Å²) in [6.07, 6.45) is 1.64. The fraction of sp³-hybridized carbons (Fsp3) is 0.400. The number of nitrogens with one attached hydrogen (secondary N) is 1. The number of hydrogen-bond acceptors (Lipinski definition) is 5. The van der Waals surface area contributed by atoms with E-state index in [1.54, 1.807) is 23.2 Å². The van der Waals surface area contributed by atoms with E-state index in [1.807, 2.05) is 0 Å². The number of hydrogen-bond donors (Lipinski definition) is 1. The largest absolute Gasteiger partial charge is 0.346 e. The average molecular weight is 232 g/mol. The minimum absolute atomic E-state index is 0.137. The quantitative estimate of drug-likeness (QED) is 0.675. The van der Waals surface area contributed by atoms with Crippen LogP contribution in [0.3, 0.4) is 0 Å². The predicted octanol–water partition coefficient (Wildman–Crippen LogP) is -0.300. The molecule has 0 aromatic carbocycles. The summed E-state index contributed by atoms with van der Waals surface area (Å²) in [6, 6.07) is 3.43. The lowest BCUT2D eigenvalue weighted by atomic mass is 10.4. The topological polar surface area (TPSA) is 75.9 Å². The zero-order valence-electron chi connectivity index (χ0n) is 9.20. The Morgan fingerprint density at radius 3 is 3.00 bits per heavy atom. The van der Waals surface area contributed by atoms with Gasteiger partial charge in [-0.1, -0.05) is 5.21 Å². The molecule has 1 amide bonds. The Bertz CT molecular complexity index is 544. The van der Waals surface area contributed by atoms with Crippen LogP contribution in [0.5, 0.6) is 0 Å². The highest BCUT2D eigenvalue weighted by atomic mass is 16.2. The van der Waals surface area contributed by atoms with Gasteiger partial charge in [-0.25, -0.2) is 9.78 Å². The number of amides is 1. The van der Waals surface area contributed by atoms with Crippen molar-refractivity contribution >= 4 is 17.2 Å². The van der Waals surface area contributed by atoms with Crippen LogP contribution < -0.4 is 5.32 Å². The van der Waals surface area contributed by atoms with E-state index in [1.165, 1.54) is 4.68 Å². The average Bonchev–Trinajstić information content (AvgIpc) is 2.83. The molecule has 0 unspecified atom stereocenters. The smallest absolute Gasteiger partial charge is 0.320 e. The molecule has 1 aliphatic rings. The summed E-state index contributed by atoms with van der Waals surface area (Å²) in [6.45, 7) is 3.02. The molecule has 7 nitrogen and oxygen atoms in total. The normalized spacial score (nSPS) is 16.4. The highest BCUT2D eigenvalue weighted by Gasteiger charge is 2.20. The third kappa shape index (κ3) is 1.74. The minimum Gasteiger partial charge on any atom is -0.320 e. The number of carbonyl (C=O) groups excluding carboxylic acids is 1. The van der Waals surface area contributed by atoms with Crippen molar-refractivity contribution in [3.63, 3.8) is 0 Å². The third-order valence-corrected chi connectivity index (χ3v) is 2.79. The van der Waals surface area contributed by atoms with E-state index in [-0.39, 0.29) is 6.03 Å². The van der Waals surface area contributed by atoms with Crippen molar-refractivity contribution in [3.05, 3.63) is 18.3 Å². The van der Waals surface area contributed by atoms with Crippen LogP contribution in [0.4, 0.5) is 4.79 Å². The molecule has 0 bridgehead atoms. The molecule has 3 heterocycles. The number of aromatic nitrogens is 4. The summed E-state index contributed by atoms with van der Waals surface area (Å²) in [5.74, 6) is 0. The standard InChI is InChI=1S/C10H12N6O/c17-10(15-6-4-11-5-7-15)16-8-2-1-3-12-9(8)13-14-16/h1-3,11H,4-7H2. The lowest BCUT2D eigenvalue weighted by Crippen LogP contribution is -2.48. The molecule has 1 saturated heterocycles. The Morgan fingerprint density at radius 2 is 2.18 bits per heavy atom. The van der Waals surface area contributed by atoms with Crippen molar-refractivity contribution in [2.24, 2.45) is 0 Å². The maximum Gasteiger partial charge on any atom is 0.346 e. The monoisotopic (exact) mass is 232 g/mol. The zero-order chi connectivity index (χ0) is 11.7. The fourth-order valence-corrected chi connectivity index (χ4v) is 1.90. The predicted molar refractivity (Wildman–Crippen MR) is 60.6 cm³/mol. The molecule has 2 aromatic rings. The van der Waals surface area contributed by atoms with Gasteiger partial charge in [0, 0.05) is 32.4 Å². The van der Waals surface area contributed by atoms with Crippen molar-refractivity contribution < 1.29 is 4.79 Å². The van der Waals surface area contributed by atoms with E-state index in [4.69, 9.17) is 0 Å².